The van der Waals surface area contributed by atoms with Crippen LogP contribution in [-0.4, -0.2) is 41.0 Å². The molecule has 0 aromatic heterocycles. The summed E-state index contributed by atoms with van der Waals surface area (Å²) < 4.78 is 10.4. The largest absolute Gasteiger partial charge is 0.458 e. The van der Waals surface area contributed by atoms with Crippen LogP contribution in [0.2, 0.25) is 0 Å². The van der Waals surface area contributed by atoms with Crippen LogP contribution in [0, 0.1) is 0 Å². The number of unbranched alkanes of at least 4 members (excludes halogenated alkanes) is 1. The first-order valence-electron chi connectivity index (χ1n) is 7.28. The van der Waals surface area contributed by atoms with Crippen LogP contribution in [0.5, 0.6) is 0 Å². The van der Waals surface area contributed by atoms with E-state index < -0.39 is 29.3 Å². The molecule has 2 N–H and O–H groups in total. The number of rotatable bonds is 6. The summed E-state index contributed by atoms with van der Waals surface area (Å²) in [5, 5.41) is 11.3. The average molecular weight is 303 g/mol. The van der Waals surface area contributed by atoms with Gasteiger partial charge in [-0.1, -0.05) is 0 Å². The number of amides is 1. The summed E-state index contributed by atoms with van der Waals surface area (Å²) in [7, 11) is 0. The fourth-order valence-electron chi connectivity index (χ4n) is 1.53. The smallest absolute Gasteiger partial charge is 0.408 e. The standard InChI is InChI=1S/C15H29NO5/c1-14(2,3)20-12(18)11(9-7-8-10-17)16-13(19)21-15(4,5)6/h11,17H,7-10H2,1-6H3,(H,16,19)/t11-/m0/s1. The van der Waals surface area contributed by atoms with Gasteiger partial charge in [-0.05, 0) is 60.8 Å². The molecular formula is C15H29NO5. The molecule has 0 spiro atoms. The van der Waals surface area contributed by atoms with Crippen LogP contribution in [0.1, 0.15) is 60.8 Å². The summed E-state index contributed by atoms with van der Waals surface area (Å²) >= 11 is 0. The van der Waals surface area contributed by atoms with E-state index >= 15 is 0 Å². The minimum Gasteiger partial charge on any atom is -0.458 e. The van der Waals surface area contributed by atoms with E-state index in [1.54, 1.807) is 41.5 Å². The average Bonchev–Trinajstić information content (AvgIpc) is 2.22. The minimum absolute atomic E-state index is 0.0491. The maximum absolute atomic E-state index is 12.1. The molecule has 6 nitrogen and oxygen atoms in total. The number of hydrogen-bond donors (Lipinski definition) is 2. The van der Waals surface area contributed by atoms with Gasteiger partial charge < -0.3 is 19.9 Å². The Balaban J connectivity index is 4.65. The second kappa shape index (κ2) is 8.22. The molecule has 0 fully saturated rings. The first-order valence-corrected chi connectivity index (χ1v) is 7.28. The van der Waals surface area contributed by atoms with Gasteiger partial charge in [0.05, 0.1) is 0 Å². The molecule has 0 bridgehead atoms. The Labute approximate surface area is 127 Å². The number of alkyl carbamates (subject to hydrolysis) is 1. The predicted molar refractivity (Wildman–Crippen MR) is 79.9 cm³/mol. The molecule has 0 heterocycles. The van der Waals surface area contributed by atoms with Gasteiger partial charge in [0.1, 0.15) is 17.2 Å². The Hall–Kier alpha value is -1.30. The maximum atomic E-state index is 12.1. The SMILES string of the molecule is CC(C)(C)OC(=O)N[C@@H](CCCCO)C(=O)OC(C)(C)C. The third-order valence-corrected chi connectivity index (χ3v) is 2.28. The van der Waals surface area contributed by atoms with Gasteiger partial charge in [-0.15, -0.1) is 0 Å². The van der Waals surface area contributed by atoms with Crippen molar-refractivity contribution in [3.63, 3.8) is 0 Å². The Morgan fingerprint density at radius 1 is 1.00 bits per heavy atom. The number of nitrogens with one attached hydrogen (secondary N) is 1. The Bertz CT molecular complexity index is 341. The topological polar surface area (TPSA) is 84.9 Å². The van der Waals surface area contributed by atoms with Crippen molar-refractivity contribution in [1.29, 1.82) is 0 Å². The molecule has 0 radical (unpaired) electrons. The molecule has 0 aliphatic rings. The zero-order valence-electron chi connectivity index (χ0n) is 14.0. The van der Waals surface area contributed by atoms with Gasteiger partial charge in [-0.3, -0.25) is 0 Å². The van der Waals surface area contributed by atoms with E-state index in [0.717, 1.165) is 0 Å². The predicted octanol–water partition coefficient (Wildman–Crippen LogP) is 2.38. The molecule has 0 saturated carbocycles. The van der Waals surface area contributed by atoms with Crippen molar-refractivity contribution in [1.82, 2.24) is 5.32 Å². The number of carbonyl (C=O) groups excluding carboxylic acids is 2. The lowest BCUT2D eigenvalue weighted by atomic mass is 10.1. The molecule has 0 aliphatic heterocycles. The van der Waals surface area contributed by atoms with Crippen molar-refractivity contribution in [3.8, 4) is 0 Å². The number of hydrogen-bond acceptors (Lipinski definition) is 5. The molecular weight excluding hydrogens is 274 g/mol. The lowest BCUT2D eigenvalue weighted by Gasteiger charge is -2.26. The molecule has 1 amide bonds. The molecule has 6 heteroatoms. The van der Waals surface area contributed by atoms with Crippen LogP contribution in [0.3, 0.4) is 0 Å². The van der Waals surface area contributed by atoms with Gasteiger partial charge in [0.2, 0.25) is 0 Å². The summed E-state index contributed by atoms with van der Waals surface area (Å²) in [6.45, 7) is 10.6. The van der Waals surface area contributed by atoms with Gasteiger partial charge >= 0.3 is 12.1 Å². The monoisotopic (exact) mass is 303 g/mol. The molecule has 1 atom stereocenters. The summed E-state index contributed by atoms with van der Waals surface area (Å²) in [5.41, 5.74) is -1.25. The molecule has 124 valence electrons. The third-order valence-electron chi connectivity index (χ3n) is 2.28. The van der Waals surface area contributed by atoms with E-state index in [1.165, 1.54) is 0 Å². The van der Waals surface area contributed by atoms with E-state index in [-0.39, 0.29) is 6.61 Å². The van der Waals surface area contributed by atoms with Crippen LogP contribution in [0.25, 0.3) is 0 Å². The van der Waals surface area contributed by atoms with Crippen LogP contribution in [0.4, 0.5) is 4.79 Å². The molecule has 21 heavy (non-hydrogen) atoms. The van der Waals surface area contributed by atoms with Crippen molar-refractivity contribution >= 4 is 12.1 Å². The summed E-state index contributed by atoms with van der Waals surface area (Å²) in [4.78, 5) is 23.9. The van der Waals surface area contributed by atoms with Gasteiger partial charge in [-0.25, -0.2) is 9.59 Å². The van der Waals surface area contributed by atoms with E-state index in [2.05, 4.69) is 5.32 Å². The van der Waals surface area contributed by atoms with Gasteiger partial charge in [0, 0.05) is 6.61 Å². The van der Waals surface area contributed by atoms with Gasteiger partial charge in [0.15, 0.2) is 0 Å². The van der Waals surface area contributed by atoms with Crippen LogP contribution in [-0.2, 0) is 14.3 Å². The molecule has 0 aromatic rings. The highest BCUT2D eigenvalue weighted by Gasteiger charge is 2.28. The van der Waals surface area contributed by atoms with E-state index in [0.29, 0.717) is 19.3 Å². The van der Waals surface area contributed by atoms with E-state index in [4.69, 9.17) is 14.6 Å². The first-order chi connectivity index (χ1) is 9.44. The van der Waals surface area contributed by atoms with Crippen molar-refractivity contribution in [2.45, 2.75) is 78.0 Å². The first kappa shape index (κ1) is 19.7. The number of esters is 1. The Morgan fingerprint density at radius 2 is 1.52 bits per heavy atom. The van der Waals surface area contributed by atoms with E-state index in [1.807, 2.05) is 0 Å². The summed E-state index contributed by atoms with van der Waals surface area (Å²) in [5.74, 6) is -0.494. The fourth-order valence-corrected chi connectivity index (χ4v) is 1.53. The molecule has 0 unspecified atom stereocenters. The number of ether oxygens (including phenoxy) is 2. The van der Waals surface area contributed by atoms with Crippen molar-refractivity contribution < 1.29 is 24.2 Å². The zero-order chi connectivity index (χ0) is 16.7. The second-order valence-electron chi connectivity index (χ2n) is 6.95. The number of carbonyl (C=O) groups is 2. The Morgan fingerprint density at radius 3 is 1.95 bits per heavy atom. The number of aliphatic hydroxyl groups excluding tert-OH is 1. The van der Waals surface area contributed by atoms with Crippen molar-refractivity contribution in [2.75, 3.05) is 6.61 Å². The maximum Gasteiger partial charge on any atom is 0.408 e. The van der Waals surface area contributed by atoms with Crippen LogP contribution < -0.4 is 5.32 Å². The highest BCUT2D eigenvalue weighted by Crippen LogP contribution is 2.13. The van der Waals surface area contributed by atoms with Gasteiger partial charge in [-0.2, -0.15) is 0 Å². The Kier molecular flexibility index (Phi) is 7.71. The fraction of sp³-hybridized carbons (Fsp3) is 0.867. The molecule has 0 aliphatic carbocycles. The molecule has 0 saturated heterocycles. The normalized spacial score (nSPS) is 13.5. The summed E-state index contributed by atoms with van der Waals surface area (Å²) in [6, 6.07) is -0.773. The third kappa shape index (κ3) is 11.1. The quantitative estimate of drug-likeness (QED) is 0.581. The van der Waals surface area contributed by atoms with Crippen LogP contribution in [0.15, 0.2) is 0 Å². The second-order valence-corrected chi connectivity index (χ2v) is 6.95. The number of aliphatic hydroxyl groups is 1. The van der Waals surface area contributed by atoms with Crippen molar-refractivity contribution in [2.24, 2.45) is 0 Å². The zero-order valence-corrected chi connectivity index (χ0v) is 14.0. The molecule has 0 rings (SSSR count). The summed E-state index contributed by atoms with van der Waals surface area (Å²) in [6.07, 6.45) is 0.919. The van der Waals surface area contributed by atoms with Crippen molar-refractivity contribution in [3.05, 3.63) is 0 Å². The minimum atomic E-state index is -0.773. The highest BCUT2D eigenvalue weighted by atomic mass is 16.6. The van der Waals surface area contributed by atoms with E-state index in [9.17, 15) is 9.59 Å². The van der Waals surface area contributed by atoms with Crippen LogP contribution >= 0.6 is 0 Å². The lowest BCUT2D eigenvalue weighted by molar-refractivity contribution is -0.157. The van der Waals surface area contributed by atoms with Gasteiger partial charge in [0.25, 0.3) is 0 Å². The lowest BCUT2D eigenvalue weighted by Crippen LogP contribution is -2.46. The molecule has 0 aromatic carbocycles. The highest BCUT2D eigenvalue weighted by molar-refractivity contribution is 5.81.